The molecule has 0 bridgehead atoms. The molecule has 1 N–H and O–H groups in total. The molecule has 0 saturated carbocycles. The van der Waals surface area contributed by atoms with Gasteiger partial charge in [-0.1, -0.05) is 19.1 Å². The maximum Gasteiger partial charge on any atom is 0.175 e. The molecule has 6 heteroatoms. The van der Waals surface area contributed by atoms with Gasteiger partial charge in [-0.2, -0.15) is 0 Å². The summed E-state index contributed by atoms with van der Waals surface area (Å²) in [6.07, 6.45) is 4.96. The highest BCUT2D eigenvalue weighted by atomic mass is 32.2. The number of nitrogens with zero attached hydrogens (tertiary/aromatic N) is 1. The average molecular weight is 324 g/mol. The fourth-order valence-corrected chi connectivity index (χ4v) is 3.45. The third-order valence-corrected chi connectivity index (χ3v) is 5.13. The lowest BCUT2D eigenvalue weighted by molar-refractivity contribution is 0.531. The van der Waals surface area contributed by atoms with Crippen molar-refractivity contribution in [3.05, 3.63) is 46.4 Å². The zero-order valence-electron chi connectivity index (χ0n) is 12.2. The van der Waals surface area contributed by atoms with Gasteiger partial charge in [0.05, 0.1) is 10.4 Å². The summed E-state index contributed by atoms with van der Waals surface area (Å²) in [5, 5.41) is 3.49. The highest BCUT2D eigenvalue weighted by Crippen LogP contribution is 2.23. The minimum absolute atomic E-state index is 0.104. The first-order valence-corrected chi connectivity index (χ1v) is 9.68. The number of aromatic nitrogens is 1. The second-order valence-electron chi connectivity index (χ2n) is 5.02. The molecule has 1 aromatic carbocycles. The second-order valence-corrected chi connectivity index (χ2v) is 8.01. The Morgan fingerprint density at radius 3 is 2.81 bits per heavy atom. The molecule has 1 heterocycles. The van der Waals surface area contributed by atoms with E-state index in [1.807, 2.05) is 17.8 Å². The molecule has 2 rings (SSSR count). The van der Waals surface area contributed by atoms with Crippen LogP contribution in [0.25, 0.3) is 0 Å². The molecule has 0 saturated heterocycles. The Hall–Kier alpha value is -1.24. The van der Waals surface area contributed by atoms with Crippen LogP contribution in [0.1, 0.15) is 29.8 Å². The molecule has 0 aliphatic rings. The molecular weight excluding hydrogens is 304 g/mol. The average Bonchev–Trinajstić information content (AvgIpc) is 2.95. The summed E-state index contributed by atoms with van der Waals surface area (Å²) in [6, 6.07) is 7.29. The first-order valence-electron chi connectivity index (χ1n) is 6.91. The molecule has 21 heavy (non-hydrogen) atoms. The smallest absolute Gasteiger partial charge is 0.175 e. The lowest BCUT2D eigenvalue weighted by Gasteiger charge is -2.19. The van der Waals surface area contributed by atoms with Crippen LogP contribution in [0.15, 0.2) is 40.9 Å². The lowest BCUT2D eigenvalue weighted by Crippen LogP contribution is -2.24. The van der Waals surface area contributed by atoms with Gasteiger partial charge in [0.1, 0.15) is 0 Å². The summed E-state index contributed by atoms with van der Waals surface area (Å²) in [4.78, 5) is 5.66. The van der Waals surface area contributed by atoms with Gasteiger partial charge in [0.25, 0.3) is 0 Å². The number of hydrogen-bond donors (Lipinski definition) is 1. The zero-order valence-corrected chi connectivity index (χ0v) is 13.9. The first-order chi connectivity index (χ1) is 10.0. The van der Waals surface area contributed by atoms with Gasteiger partial charge in [-0.05, 0) is 30.7 Å². The minimum Gasteiger partial charge on any atom is -0.310 e. The number of rotatable bonds is 7. The van der Waals surface area contributed by atoms with Crippen LogP contribution in [0.2, 0.25) is 0 Å². The van der Waals surface area contributed by atoms with Gasteiger partial charge in [-0.25, -0.2) is 8.42 Å². The molecule has 0 amide bonds. The quantitative estimate of drug-likeness (QED) is 0.851. The van der Waals surface area contributed by atoms with Crippen molar-refractivity contribution in [1.29, 1.82) is 0 Å². The molecule has 1 unspecified atom stereocenters. The van der Waals surface area contributed by atoms with E-state index in [1.165, 1.54) is 11.1 Å². The van der Waals surface area contributed by atoms with E-state index in [9.17, 15) is 8.42 Å². The normalized spacial score (nSPS) is 13.2. The minimum atomic E-state index is -3.18. The van der Waals surface area contributed by atoms with Gasteiger partial charge in [-0.15, -0.1) is 11.3 Å². The fraction of sp³-hybridized carbons (Fsp3) is 0.400. The highest BCUT2D eigenvalue weighted by Gasteiger charge is 2.15. The molecule has 4 nitrogen and oxygen atoms in total. The Labute approximate surface area is 130 Å². The van der Waals surface area contributed by atoms with Gasteiger partial charge in [0, 0.05) is 29.8 Å². The summed E-state index contributed by atoms with van der Waals surface area (Å²) >= 11 is 1.62. The topological polar surface area (TPSA) is 59.1 Å². The van der Waals surface area contributed by atoms with Crippen LogP contribution in [0.4, 0.5) is 0 Å². The molecule has 1 aromatic heterocycles. The van der Waals surface area contributed by atoms with Crippen LogP contribution < -0.4 is 5.32 Å². The van der Waals surface area contributed by atoms with Crippen molar-refractivity contribution < 1.29 is 8.42 Å². The van der Waals surface area contributed by atoms with E-state index in [0.717, 1.165) is 24.9 Å². The van der Waals surface area contributed by atoms with Crippen LogP contribution >= 0.6 is 11.3 Å². The highest BCUT2D eigenvalue weighted by molar-refractivity contribution is 7.90. The van der Waals surface area contributed by atoms with E-state index in [1.54, 1.807) is 29.5 Å². The number of benzene rings is 1. The van der Waals surface area contributed by atoms with Gasteiger partial charge in [0.2, 0.25) is 0 Å². The molecule has 0 fully saturated rings. The van der Waals surface area contributed by atoms with Crippen molar-refractivity contribution >= 4 is 21.2 Å². The Bertz CT molecular complexity index is 667. The van der Waals surface area contributed by atoms with E-state index in [4.69, 9.17) is 0 Å². The van der Waals surface area contributed by atoms with Crippen LogP contribution in [0, 0.1) is 0 Å². The van der Waals surface area contributed by atoms with E-state index < -0.39 is 9.84 Å². The fourth-order valence-electron chi connectivity index (χ4n) is 2.13. The van der Waals surface area contributed by atoms with Crippen LogP contribution in [-0.4, -0.2) is 26.2 Å². The predicted octanol–water partition coefficient (Wildman–Crippen LogP) is 2.83. The lowest BCUT2D eigenvalue weighted by atomic mass is 10.0. The van der Waals surface area contributed by atoms with Gasteiger partial charge in [0.15, 0.2) is 9.84 Å². The maximum atomic E-state index is 11.7. The third kappa shape index (κ3) is 4.62. The molecule has 1 atom stereocenters. The van der Waals surface area contributed by atoms with Crippen molar-refractivity contribution in [2.24, 2.45) is 0 Å². The van der Waals surface area contributed by atoms with Crippen LogP contribution in [-0.2, 0) is 16.3 Å². The second kappa shape index (κ2) is 7.15. The van der Waals surface area contributed by atoms with Gasteiger partial charge in [-0.3, -0.25) is 4.98 Å². The standard InChI is InChI=1S/C15H20N2O2S2/c1-3-7-17-15(9-13-10-16-11-20-13)12-5-4-6-14(8-12)21(2,18)19/h4-6,8,10-11,15,17H,3,7,9H2,1-2H3. The molecule has 0 aliphatic heterocycles. The summed E-state index contributed by atoms with van der Waals surface area (Å²) < 4.78 is 23.4. The zero-order chi connectivity index (χ0) is 15.3. The van der Waals surface area contributed by atoms with Crippen molar-refractivity contribution in [2.75, 3.05) is 12.8 Å². The van der Waals surface area contributed by atoms with E-state index in [2.05, 4.69) is 17.2 Å². The largest absolute Gasteiger partial charge is 0.310 e. The van der Waals surface area contributed by atoms with Gasteiger partial charge < -0.3 is 5.32 Å². The van der Waals surface area contributed by atoms with Crippen LogP contribution in [0.5, 0.6) is 0 Å². The van der Waals surface area contributed by atoms with Crippen molar-refractivity contribution in [3.63, 3.8) is 0 Å². The number of thiazole rings is 1. The maximum absolute atomic E-state index is 11.7. The van der Waals surface area contributed by atoms with E-state index in [0.29, 0.717) is 4.90 Å². The Morgan fingerprint density at radius 1 is 1.38 bits per heavy atom. The SMILES string of the molecule is CCCNC(Cc1cncs1)c1cccc(S(C)(=O)=O)c1. The van der Waals surface area contributed by atoms with E-state index in [-0.39, 0.29) is 6.04 Å². The molecule has 0 spiro atoms. The number of nitrogens with one attached hydrogen (secondary N) is 1. The third-order valence-electron chi connectivity index (χ3n) is 3.22. The number of sulfone groups is 1. The summed E-state index contributed by atoms with van der Waals surface area (Å²) in [6.45, 7) is 3.01. The van der Waals surface area contributed by atoms with Crippen LogP contribution in [0.3, 0.4) is 0 Å². The Morgan fingerprint density at radius 2 is 2.19 bits per heavy atom. The molecular formula is C15H20N2O2S2. The van der Waals surface area contributed by atoms with E-state index >= 15 is 0 Å². The summed E-state index contributed by atoms with van der Waals surface area (Å²) in [7, 11) is -3.18. The van der Waals surface area contributed by atoms with Gasteiger partial charge >= 0.3 is 0 Å². The number of hydrogen-bond acceptors (Lipinski definition) is 5. The monoisotopic (exact) mass is 324 g/mol. The van der Waals surface area contributed by atoms with Crippen molar-refractivity contribution in [3.8, 4) is 0 Å². The van der Waals surface area contributed by atoms with Crippen molar-refractivity contribution in [1.82, 2.24) is 10.3 Å². The first kappa shape index (κ1) is 16.1. The predicted molar refractivity (Wildman–Crippen MR) is 86.4 cm³/mol. The van der Waals surface area contributed by atoms with Crippen molar-refractivity contribution in [2.45, 2.75) is 30.7 Å². The molecule has 114 valence electrons. The Kier molecular flexibility index (Phi) is 5.50. The summed E-state index contributed by atoms with van der Waals surface area (Å²) in [5.41, 5.74) is 2.82. The molecule has 0 radical (unpaired) electrons. The molecule has 2 aromatic rings. The summed E-state index contributed by atoms with van der Waals surface area (Å²) in [5.74, 6) is 0. The Balaban J connectivity index is 2.27. The molecule has 0 aliphatic carbocycles.